The third-order valence-electron chi connectivity index (χ3n) is 2.96. The molecule has 1 amide bonds. The molecule has 0 fully saturated rings. The second kappa shape index (κ2) is 8.18. The first-order chi connectivity index (χ1) is 11.9. The molecule has 0 unspecified atom stereocenters. The van der Waals surface area contributed by atoms with Crippen molar-refractivity contribution in [2.45, 2.75) is 6.18 Å². The van der Waals surface area contributed by atoms with E-state index in [1.54, 1.807) is 18.2 Å². The Hall–Kier alpha value is -3.03. The lowest BCUT2D eigenvalue weighted by Gasteiger charge is -2.14. The largest absolute Gasteiger partial charge is 0.483 e. The number of nitrogens with one attached hydrogen (secondary N) is 1. The van der Waals surface area contributed by atoms with Crippen molar-refractivity contribution in [1.82, 2.24) is 0 Å². The Morgan fingerprint density at radius 1 is 1.00 bits per heavy atom. The Bertz CT molecular complexity index is 747. The molecule has 25 heavy (non-hydrogen) atoms. The van der Waals surface area contributed by atoms with Crippen LogP contribution in [0.3, 0.4) is 0 Å². The lowest BCUT2D eigenvalue weighted by Crippen LogP contribution is -2.22. The van der Waals surface area contributed by atoms with Gasteiger partial charge >= 0.3 is 6.18 Å². The van der Waals surface area contributed by atoms with Crippen molar-refractivity contribution >= 4 is 17.9 Å². The van der Waals surface area contributed by atoms with Crippen LogP contribution in [0.4, 0.5) is 18.9 Å². The van der Waals surface area contributed by atoms with Gasteiger partial charge in [0.1, 0.15) is 11.5 Å². The van der Waals surface area contributed by atoms with Crippen LogP contribution >= 0.6 is 0 Å². The zero-order chi connectivity index (χ0) is 18.3. The second-order valence-electron chi connectivity index (χ2n) is 4.89. The Morgan fingerprint density at radius 2 is 1.64 bits per heavy atom. The van der Waals surface area contributed by atoms with Crippen LogP contribution in [0.5, 0.6) is 11.5 Å². The highest BCUT2D eigenvalue weighted by Gasteiger charge is 2.28. The number of carbonyl (C=O) groups excluding carboxylic acids is 2. The van der Waals surface area contributed by atoms with Crippen LogP contribution in [0.1, 0.15) is 10.4 Å². The molecule has 0 radical (unpaired) electrons. The summed E-state index contributed by atoms with van der Waals surface area (Å²) < 4.78 is 46.7. The van der Waals surface area contributed by atoms with Crippen molar-refractivity contribution in [2.24, 2.45) is 0 Å². The number of para-hydroxylation sites is 3. The number of ether oxygens (including phenoxy) is 2. The first-order valence-corrected chi connectivity index (χ1v) is 7.14. The van der Waals surface area contributed by atoms with E-state index in [1.165, 1.54) is 30.3 Å². The lowest BCUT2D eigenvalue weighted by atomic mass is 10.2. The van der Waals surface area contributed by atoms with Gasteiger partial charge < -0.3 is 14.8 Å². The summed E-state index contributed by atoms with van der Waals surface area (Å²) in [5, 5.41) is 2.41. The molecule has 2 aromatic carbocycles. The maximum atomic E-state index is 12.3. The molecule has 0 atom stereocenters. The predicted molar refractivity (Wildman–Crippen MR) is 83.9 cm³/mol. The summed E-state index contributed by atoms with van der Waals surface area (Å²) in [5.74, 6) is -0.487. The Labute approximate surface area is 141 Å². The first-order valence-electron chi connectivity index (χ1n) is 7.14. The standard InChI is InChI=1S/C17H14F3NO4/c18-17(19,20)11-25-15-8-4-2-6-13(15)21-16(23)10-24-14-7-3-1-5-12(14)9-22/h1-9H,10-11H2,(H,21,23). The molecule has 0 aromatic heterocycles. The van der Waals surface area contributed by atoms with Gasteiger partial charge in [0, 0.05) is 0 Å². The van der Waals surface area contributed by atoms with E-state index < -0.39 is 25.3 Å². The number of anilines is 1. The molecule has 132 valence electrons. The SMILES string of the molecule is O=Cc1ccccc1OCC(=O)Nc1ccccc1OCC(F)(F)F. The van der Waals surface area contributed by atoms with Gasteiger partial charge in [0.05, 0.1) is 11.3 Å². The number of carbonyl (C=O) groups is 2. The molecule has 0 heterocycles. The molecule has 8 heteroatoms. The second-order valence-corrected chi connectivity index (χ2v) is 4.89. The fourth-order valence-corrected chi connectivity index (χ4v) is 1.89. The highest BCUT2D eigenvalue weighted by Crippen LogP contribution is 2.26. The number of hydrogen-bond acceptors (Lipinski definition) is 4. The Balaban J connectivity index is 1.97. The highest BCUT2D eigenvalue weighted by atomic mass is 19.4. The third-order valence-corrected chi connectivity index (χ3v) is 2.96. The van der Waals surface area contributed by atoms with Crippen LogP contribution in [-0.2, 0) is 4.79 Å². The molecular formula is C17H14F3NO4. The van der Waals surface area contributed by atoms with E-state index in [0.717, 1.165) is 0 Å². The number of benzene rings is 2. The molecule has 0 saturated heterocycles. The normalized spacial score (nSPS) is 10.8. The van der Waals surface area contributed by atoms with Crippen molar-refractivity contribution < 1.29 is 32.2 Å². The van der Waals surface area contributed by atoms with E-state index in [4.69, 9.17) is 4.74 Å². The Kier molecular flexibility index (Phi) is 5.99. The smallest absolute Gasteiger partial charge is 0.422 e. The number of halogens is 3. The van der Waals surface area contributed by atoms with Crippen LogP contribution < -0.4 is 14.8 Å². The zero-order valence-corrected chi connectivity index (χ0v) is 12.9. The minimum Gasteiger partial charge on any atom is -0.483 e. The minimum absolute atomic E-state index is 0.0871. The molecule has 0 aliphatic carbocycles. The average Bonchev–Trinajstić information content (AvgIpc) is 2.58. The van der Waals surface area contributed by atoms with E-state index in [1.807, 2.05) is 0 Å². The molecule has 2 aromatic rings. The van der Waals surface area contributed by atoms with Gasteiger partial charge in [-0.25, -0.2) is 0 Å². The molecule has 0 bridgehead atoms. The van der Waals surface area contributed by atoms with Gasteiger partial charge in [-0.2, -0.15) is 13.2 Å². The summed E-state index contributed by atoms with van der Waals surface area (Å²) in [7, 11) is 0. The molecule has 0 spiro atoms. The number of aldehydes is 1. The quantitative estimate of drug-likeness (QED) is 0.775. The van der Waals surface area contributed by atoms with Gasteiger partial charge in [-0.1, -0.05) is 24.3 Å². The van der Waals surface area contributed by atoms with Gasteiger partial charge in [-0.15, -0.1) is 0 Å². The van der Waals surface area contributed by atoms with Gasteiger partial charge in [0.25, 0.3) is 5.91 Å². The molecule has 0 aliphatic rings. The van der Waals surface area contributed by atoms with E-state index in [9.17, 15) is 22.8 Å². The van der Waals surface area contributed by atoms with Crippen LogP contribution in [0.25, 0.3) is 0 Å². The third kappa shape index (κ3) is 5.83. The fraction of sp³-hybridized carbons (Fsp3) is 0.176. The first kappa shape index (κ1) is 18.3. The molecule has 1 N–H and O–H groups in total. The van der Waals surface area contributed by atoms with Gasteiger partial charge in [-0.05, 0) is 24.3 Å². The van der Waals surface area contributed by atoms with Crippen LogP contribution in [0.15, 0.2) is 48.5 Å². The summed E-state index contributed by atoms with van der Waals surface area (Å²) >= 11 is 0. The zero-order valence-electron chi connectivity index (χ0n) is 12.9. The molecule has 2 rings (SSSR count). The number of amides is 1. The van der Waals surface area contributed by atoms with Gasteiger partial charge in [0.2, 0.25) is 0 Å². The summed E-state index contributed by atoms with van der Waals surface area (Å²) in [6, 6.07) is 12.1. The van der Waals surface area contributed by atoms with Gasteiger partial charge in [-0.3, -0.25) is 9.59 Å². The maximum absolute atomic E-state index is 12.3. The predicted octanol–water partition coefficient (Wildman–Crippen LogP) is 3.46. The lowest BCUT2D eigenvalue weighted by molar-refractivity contribution is -0.153. The van der Waals surface area contributed by atoms with Crippen molar-refractivity contribution in [1.29, 1.82) is 0 Å². The molecule has 5 nitrogen and oxygen atoms in total. The molecule has 0 saturated carbocycles. The van der Waals surface area contributed by atoms with Crippen LogP contribution in [0, 0.1) is 0 Å². The Morgan fingerprint density at radius 3 is 2.32 bits per heavy atom. The van der Waals surface area contributed by atoms with Crippen molar-refractivity contribution in [3.63, 3.8) is 0 Å². The van der Waals surface area contributed by atoms with Crippen LogP contribution in [0.2, 0.25) is 0 Å². The fourth-order valence-electron chi connectivity index (χ4n) is 1.89. The van der Waals surface area contributed by atoms with E-state index in [2.05, 4.69) is 10.1 Å². The number of rotatable bonds is 7. The number of hydrogen-bond donors (Lipinski definition) is 1. The summed E-state index contributed by atoms with van der Waals surface area (Å²) in [5.41, 5.74) is 0.369. The summed E-state index contributed by atoms with van der Waals surface area (Å²) in [4.78, 5) is 22.8. The van der Waals surface area contributed by atoms with E-state index >= 15 is 0 Å². The minimum atomic E-state index is -4.49. The topological polar surface area (TPSA) is 64.6 Å². The maximum Gasteiger partial charge on any atom is 0.422 e. The van der Waals surface area contributed by atoms with Crippen LogP contribution in [-0.4, -0.2) is 31.6 Å². The molecular weight excluding hydrogens is 339 g/mol. The number of alkyl halides is 3. The average molecular weight is 353 g/mol. The van der Waals surface area contributed by atoms with Gasteiger partial charge in [0.15, 0.2) is 19.5 Å². The summed E-state index contributed by atoms with van der Waals surface area (Å²) in [6.07, 6.45) is -3.90. The highest BCUT2D eigenvalue weighted by molar-refractivity contribution is 5.93. The molecule has 0 aliphatic heterocycles. The van der Waals surface area contributed by atoms with E-state index in [-0.39, 0.29) is 22.7 Å². The van der Waals surface area contributed by atoms with Crippen molar-refractivity contribution in [2.75, 3.05) is 18.5 Å². The van der Waals surface area contributed by atoms with Crippen molar-refractivity contribution in [3.8, 4) is 11.5 Å². The summed E-state index contributed by atoms with van der Waals surface area (Å²) in [6.45, 7) is -1.89. The van der Waals surface area contributed by atoms with Crippen molar-refractivity contribution in [3.05, 3.63) is 54.1 Å². The van der Waals surface area contributed by atoms with E-state index in [0.29, 0.717) is 6.29 Å². The monoisotopic (exact) mass is 353 g/mol.